The molecule has 172 valence electrons. The van der Waals surface area contributed by atoms with Gasteiger partial charge in [0.1, 0.15) is 0 Å². The zero-order valence-corrected chi connectivity index (χ0v) is 18.0. The van der Waals surface area contributed by atoms with E-state index in [4.69, 9.17) is 0 Å². The van der Waals surface area contributed by atoms with E-state index in [0.29, 0.717) is 11.6 Å². The molecular formula is C21H22F3N3O4S. The largest absolute Gasteiger partial charge is 0.416 e. The molecule has 0 aromatic heterocycles. The third-order valence-corrected chi connectivity index (χ3v) is 6.97. The number of halogens is 3. The second-order valence-electron chi connectivity index (χ2n) is 7.36. The Morgan fingerprint density at radius 2 is 1.66 bits per heavy atom. The molecule has 1 aliphatic heterocycles. The minimum atomic E-state index is -4.65. The standard InChI is InChI=1S/C21H22F3N3O4S/c1-15-4-2-5-16(12-15)20(29)25-14-19(28)26-8-10-27(11-9-26)32(30,31)18-7-3-6-17(13-18)21(22,23)24/h2-7,12-13H,8-11,14H2,1H3,(H,25,29). The molecule has 7 nitrogen and oxygen atoms in total. The molecular weight excluding hydrogens is 447 g/mol. The molecule has 2 aromatic rings. The van der Waals surface area contributed by atoms with Crippen LogP contribution >= 0.6 is 0 Å². The van der Waals surface area contributed by atoms with Gasteiger partial charge in [-0.3, -0.25) is 9.59 Å². The van der Waals surface area contributed by atoms with E-state index in [1.54, 1.807) is 18.2 Å². The third-order valence-electron chi connectivity index (χ3n) is 5.07. The van der Waals surface area contributed by atoms with Crippen molar-refractivity contribution in [3.63, 3.8) is 0 Å². The smallest absolute Gasteiger partial charge is 0.343 e. The van der Waals surface area contributed by atoms with Gasteiger partial charge in [-0.05, 0) is 37.3 Å². The van der Waals surface area contributed by atoms with E-state index < -0.39 is 32.6 Å². The molecule has 11 heteroatoms. The molecule has 3 rings (SSSR count). The summed E-state index contributed by atoms with van der Waals surface area (Å²) in [7, 11) is -4.13. The van der Waals surface area contributed by atoms with Crippen LogP contribution in [0.4, 0.5) is 13.2 Å². The quantitative estimate of drug-likeness (QED) is 0.728. The fourth-order valence-corrected chi connectivity index (χ4v) is 4.78. The lowest BCUT2D eigenvalue weighted by Gasteiger charge is -2.34. The number of nitrogens with one attached hydrogen (secondary N) is 1. The van der Waals surface area contributed by atoms with Gasteiger partial charge in [0.15, 0.2) is 0 Å². The van der Waals surface area contributed by atoms with E-state index in [1.165, 1.54) is 4.90 Å². The number of carbonyl (C=O) groups excluding carboxylic acids is 2. The van der Waals surface area contributed by atoms with Crippen molar-refractivity contribution in [2.45, 2.75) is 18.0 Å². The average molecular weight is 469 g/mol. The number of amides is 2. The molecule has 1 N–H and O–H groups in total. The zero-order chi connectivity index (χ0) is 23.5. The topological polar surface area (TPSA) is 86.8 Å². The van der Waals surface area contributed by atoms with Gasteiger partial charge >= 0.3 is 6.18 Å². The molecule has 0 aliphatic carbocycles. The second kappa shape index (κ2) is 9.29. The molecule has 1 saturated heterocycles. The van der Waals surface area contributed by atoms with Crippen LogP contribution in [0.15, 0.2) is 53.4 Å². The van der Waals surface area contributed by atoms with Crippen LogP contribution in [0.1, 0.15) is 21.5 Å². The summed E-state index contributed by atoms with van der Waals surface area (Å²) in [5.74, 6) is -0.769. The van der Waals surface area contributed by atoms with Crippen LogP contribution in [0.5, 0.6) is 0 Å². The SMILES string of the molecule is Cc1cccc(C(=O)NCC(=O)N2CCN(S(=O)(=O)c3cccc(C(F)(F)F)c3)CC2)c1. The Hall–Kier alpha value is -2.92. The van der Waals surface area contributed by atoms with E-state index in [0.717, 1.165) is 28.1 Å². The predicted octanol–water partition coefficient (Wildman–Crippen LogP) is 2.28. The van der Waals surface area contributed by atoms with Crippen molar-refractivity contribution >= 4 is 21.8 Å². The van der Waals surface area contributed by atoms with Gasteiger partial charge < -0.3 is 10.2 Å². The van der Waals surface area contributed by atoms with Gasteiger partial charge in [0.05, 0.1) is 17.0 Å². The van der Waals surface area contributed by atoms with Crippen LogP contribution in [-0.2, 0) is 21.0 Å². The highest BCUT2D eigenvalue weighted by Gasteiger charge is 2.34. The minimum absolute atomic E-state index is 0.0594. The van der Waals surface area contributed by atoms with Crippen LogP contribution in [0.2, 0.25) is 0 Å². The van der Waals surface area contributed by atoms with Gasteiger partial charge in [0, 0.05) is 31.7 Å². The van der Waals surface area contributed by atoms with Crippen LogP contribution in [-0.4, -0.2) is 62.2 Å². The second-order valence-corrected chi connectivity index (χ2v) is 9.30. The highest BCUT2D eigenvalue weighted by Crippen LogP contribution is 2.31. The van der Waals surface area contributed by atoms with Crippen molar-refractivity contribution in [2.24, 2.45) is 0 Å². The average Bonchev–Trinajstić information content (AvgIpc) is 2.77. The number of aryl methyl sites for hydroxylation is 1. The Labute approximate surface area is 183 Å². The lowest BCUT2D eigenvalue weighted by atomic mass is 10.1. The summed E-state index contributed by atoms with van der Waals surface area (Å²) < 4.78 is 65.3. The number of hydrogen-bond donors (Lipinski definition) is 1. The lowest BCUT2D eigenvalue weighted by molar-refractivity contribution is -0.137. The first kappa shape index (κ1) is 23.7. The highest BCUT2D eigenvalue weighted by atomic mass is 32.2. The van der Waals surface area contributed by atoms with E-state index >= 15 is 0 Å². The van der Waals surface area contributed by atoms with Crippen LogP contribution in [0, 0.1) is 6.92 Å². The van der Waals surface area contributed by atoms with Crippen molar-refractivity contribution in [3.8, 4) is 0 Å². The molecule has 1 heterocycles. The number of piperazine rings is 1. The number of alkyl halides is 3. The molecule has 2 aromatic carbocycles. The number of hydrogen-bond acceptors (Lipinski definition) is 4. The number of rotatable bonds is 5. The first-order chi connectivity index (χ1) is 15.0. The Morgan fingerprint density at radius 3 is 2.28 bits per heavy atom. The number of nitrogens with zero attached hydrogens (tertiary/aromatic N) is 2. The highest BCUT2D eigenvalue weighted by molar-refractivity contribution is 7.89. The predicted molar refractivity (Wildman–Crippen MR) is 110 cm³/mol. The van der Waals surface area contributed by atoms with Crippen molar-refractivity contribution in [1.82, 2.24) is 14.5 Å². The van der Waals surface area contributed by atoms with Gasteiger partial charge in [0.25, 0.3) is 5.91 Å². The van der Waals surface area contributed by atoms with E-state index in [1.807, 2.05) is 13.0 Å². The molecule has 2 amide bonds. The Bertz CT molecular complexity index is 1110. The van der Waals surface area contributed by atoms with Crippen LogP contribution < -0.4 is 5.32 Å². The number of sulfonamides is 1. The van der Waals surface area contributed by atoms with Gasteiger partial charge in [-0.1, -0.05) is 23.8 Å². The Kier molecular flexibility index (Phi) is 6.89. The number of benzene rings is 2. The van der Waals surface area contributed by atoms with Crippen molar-refractivity contribution in [3.05, 3.63) is 65.2 Å². The molecule has 0 saturated carbocycles. The third kappa shape index (κ3) is 5.46. The normalized spacial score (nSPS) is 15.4. The van der Waals surface area contributed by atoms with Crippen molar-refractivity contribution in [2.75, 3.05) is 32.7 Å². The maximum Gasteiger partial charge on any atom is 0.416 e. The van der Waals surface area contributed by atoms with Gasteiger partial charge in [0.2, 0.25) is 15.9 Å². The number of carbonyl (C=O) groups is 2. The summed E-state index contributed by atoms with van der Waals surface area (Å²) in [6.07, 6.45) is -4.65. The van der Waals surface area contributed by atoms with E-state index in [2.05, 4.69) is 5.32 Å². The maximum absolute atomic E-state index is 12.9. The van der Waals surface area contributed by atoms with Crippen LogP contribution in [0.25, 0.3) is 0 Å². The molecule has 0 bridgehead atoms. The van der Waals surface area contributed by atoms with Gasteiger partial charge in [-0.15, -0.1) is 0 Å². The summed E-state index contributed by atoms with van der Waals surface area (Å²) in [5.41, 5.74) is 0.286. The van der Waals surface area contributed by atoms with Crippen molar-refractivity contribution in [1.29, 1.82) is 0 Å². The monoisotopic (exact) mass is 469 g/mol. The Balaban J connectivity index is 1.57. The summed E-state index contributed by atoms with van der Waals surface area (Å²) in [6.45, 7) is 1.61. The first-order valence-corrected chi connectivity index (χ1v) is 11.2. The van der Waals surface area contributed by atoms with Crippen molar-refractivity contribution < 1.29 is 31.2 Å². The van der Waals surface area contributed by atoms with Gasteiger partial charge in [-0.2, -0.15) is 17.5 Å². The molecule has 0 radical (unpaired) electrons. The summed E-state index contributed by atoms with van der Waals surface area (Å²) in [6, 6.07) is 10.5. The summed E-state index contributed by atoms with van der Waals surface area (Å²) in [5, 5.41) is 2.54. The first-order valence-electron chi connectivity index (χ1n) is 9.78. The molecule has 0 unspecified atom stereocenters. The Morgan fingerprint density at radius 1 is 1.00 bits per heavy atom. The molecule has 32 heavy (non-hydrogen) atoms. The molecule has 1 aliphatic rings. The fourth-order valence-electron chi connectivity index (χ4n) is 3.32. The summed E-state index contributed by atoms with van der Waals surface area (Å²) in [4.78, 5) is 25.5. The van der Waals surface area contributed by atoms with E-state index in [9.17, 15) is 31.2 Å². The molecule has 1 fully saturated rings. The minimum Gasteiger partial charge on any atom is -0.343 e. The summed E-state index contributed by atoms with van der Waals surface area (Å²) >= 11 is 0. The molecule has 0 atom stereocenters. The maximum atomic E-state index is 12.9. The van der Waals surface area contributed by atoms with Crippen LogP contribution in [0.3, 0.4) is 0 Å². The van der Waals surface area contributed by atoms with Gasteiger partial charge in [-0.25, -0.2) is 8.42 Å². The fraction of sp³-hybridized carbons (Fsp3) is 0.333. The molecule has 0 spiro atoms. The van der Waals surface area contributed by atoms with E-state index in [-0.39, 0.29) is 38.6 Å². The lowest BCUT2D eigenvalue weighted by Crippen LogP contribution is -2.52. The zero-order valence-electron chi connectivity index (χ0n) is 17.2.